The highest BCUT2D eigenvalue weighted by Gasteiger charge is 2.25. The van der Waals surface area contributed by atoms with Crippen LogP contribution < -0.4 is 10.6 Å². The number of nitrogens with one attached hydrogen (secondary N) is 2. The van der Waals surface area contributed by atoms with Crippen LogP contribution in [0.3, 0.4) is 0 Å². The van der Waals surface area contributed by atoms with E-state index in [0.717, 1.165) is 5.69 Å². The number of amides is 2. The topological polar surface area (TPSA) is 97.0 Å². The molecule has 3 aromatic rings. The van der Waals surface area contributed by atoms with E-state index in [4.69, 9.17) is 0 Å². The van der Waals surface area contributed by atoms with Crippen LogP contribution in [0.5, 0.6) is 0 Å². The number of anilines is 1. The summed E-state index contributed by atoms with van der Waals surface area (Å²) in [5.74, 6) is 0. The van der Waals surface area contributed by atoms with Crippen LogP contribution in [0.15, 0.2) is 55.1 Å². The third kappa shape index (κ3) is 4.04. The van der Waals surface area contributed by atoms with Gasteiger partial charge in [0, 0.05) is 36.9 Å². The van der Waals surface area contributed by atoms with Crippen LogP contribution in [0, 0.1) is 0 Å². The Morgan fingerprint density at radius 3 is 2.84 bits per heavy atom. The monoisotopic (exact) mass is 340 g/mol. The van der Waals surface area contributed by atoms with E-state index < -0.39 is 11.6 Å². The molecule has 0 aliphatic rings. The molecule has 2 amide bonds. The Balaban J connectivity index is 1.60. The Kier molecular flexibility index (Phi) is 4.53. The van der Waals surface area contributed by atoms with E-state index in [1.165, 1.54) is 0 Å². The maximum atomic E-state index is 12.1. The number of nitrogens with zero attached hydrogens (tertiary/aromatic N) is 4. The van der Waals surface area contributed by atoms with E-state index in [2.05, 4.69) is 20.8 Å². The van der Waals surface area contributed by atoms with Crippen molar-refractivity contribution in [3.8, 4) is 5.69 Å². The predicted molar refractivity (Wildman–Crippen MR) is 93.4 cm³/mol. The SMILES string of the molecule is Cn1cc([C@](C)(O)CNC(=O)Nc2cccc(-n3cccn3)c2)cn1. The summed E-state index contributed by atoms with van der Waals surface area (Å²) in [6, 6.07) is 8.74. The molecule has 1 aromatic carbocycles. The van der Waals surface area contributed by atoms with Crippen LogP contribution in [0.4, 0.5) is 10.5 Å². The van der Waals surface area contributed by atoms with E-state index in [0.29, 0.717) is 11.3 Å². The lowest BCUT2D eigenvalue weighted by Gasteiger charge is -2.22. The van der Waals surface area contributed by atoms with Crippen molar-refractivity contribution in [1.82, 2.24) is 24.9 Å². The Morgan fingerprint density at radius 1 is 1.32 bits per heavy atom. The lowest BCUT2D eigenvalue weighted by atomic mass is 10.00. The lowest BCUT2D eigenvalue weighted by molar-refractivity contribution is 0.0599. The number of carbonyl (C=O) groups is 1. The highest BCUT2D eigenvalue weighted by molar-refractivity contribution is 5.89. The smallest absolute Gasteiger partial charge is 0.319 e. The van der Waals surface area contributed by atoms with Crippen molar-refractivity contribution in [2.45, 2.75) is 12.5 Å². The summed E-state index contributed by atoms with van der Waals surface area (Å²) in [5.41, 5.74) is 0.898. The van der Waals surface area contributed by atoms with Gasteiger partial charge < -0.3 is 15.7 Å². The number of hydrogen-bond donors (Lipinski definition) is 3. The minimum atomic E-state index is -1.21. The van der Waals surface area contributed by atoms with Gasteiger partial charge >= 0.3 is 6.03 Å². The largest absolute Gasteiger partial charge is 0.383 e. The number of hydrogen-bond acceptors (Lipinski definition) is 4. The first-order valence-electron chi connectivity index (χ1n) is 7.80. The molecule has 8 nitrogen and oxygen atoms in total. The van der Waals surface area contributed by atoms with Crippen molar-refractivity contribution in [3.05, 3.63) is 60.7 Å². The zero-order valence-electron chi connectivity index (χ0n) is 14.0. The van der Waals surface area contributed by atoms with E-state index >= 15 is 0 Å². The fraction of sp³-hybridized carbons (Fsp3) is 0.235. The average Bonchev–Trinajstić information content (AvgIpc) is 3.25. The number of carbonyl (C=O) groups excluding carboxylic acids is 1. The van der Waals surface area contributed by atoms with Gasteiger partial charge in [-0.3, -0.25) is 4.68 Å². The van der Waals surface area contributed by atoms with Gasteiger partial charge in [0.05, 0.1) is 18.4 Å². The molecule has 0 saturated carbocycles. The number of rotatable bonds is 5. The van der Waals surface area contributed by atoms with E-state index in [9.17, 15) is 9.90 Å². The summed E-state index contributed by atoms with van der Waals surface area (Å²) in [6.07, 6.45) is 6.80. The minimum Gasteiger partial charge on any atom is -0.383 e. The molecular weight excluding hydrogens is 320 g/mol. The first-order chi connectivity index (χ1) is 11.9. The molecule has 0 saturated heterocycles. The fourth-order valence-electron chi connectivity index (χ4n) is 2.38. The van der Waals surface area contributed by atoms with Gasteiger partial charge in [0.2, 0.25) is 0 Å². The average molecular weight is 340 g/mol. The summed E-state index contributed by atoms with van der Waals surface area (Å²) in [5, 5.41) is 24.1. The summed E-state index contributed by atoms with van der Waals surface area (Å²) >= 11 is 0. The molecule has 25 heavy (non-hydrogen) atoms. The van der Waals surface area contributed by atoms with Crippen molar-refractivity contribution in [2.24, 2.45) is 7.05 Å². The molecule has 2 heterocycles. The van der Waals surface area contributed by atoms with Gasteiger partial charge in [0.15, 0.2) is 0 Å². The number of urea groups is 1. The Morgan fingerprint density at radius 2 is 2.16 bits per heavy atom. The molecule has 3 N–H and O–H groups in total. The van der Waals surface area contributed by atoms with E-state index in [-0.39, 0.29) is 6.54 Å². The third-order valence-corrected chi connectivity index (χ3v) is 3.79. The molecule has 0 aliphatic carbocycles. The highest BCUT2D eigenvalue weighted by atomic mass is 16.3. The van der Waals surface area contributed by atoms with Gasteiger partial charge in [0.25, 0.3) is 0 Å². The molecule has 1 atom stereocenters. The van der Waals surface area contributed by atoms with Crippen LogP contribution in [-0.2, 0) is 12.6 Å². The van der Waals surface area contributed by atoms with E-state index in [1.54, 1.807) is 48.0 Å². The van der Waals surface area contributed by atoms with Gasteiger partial charge in [-0.15, -0.1) is 0 Å². The summed E-state index contributed by atoms with van der Waals surface area (Å²) < 4.78 is 3.31. The van der Waals surface area contributed by atoms with Crippen molar-refractivity contribution >= 4 is 11.7 Å². The molecule has 0 spiro atoms. The van der Waals surface area contributed by atoms with Crippen LogP contribution in [-0.4, -0.2) is 37.2 Å². The quantitative estimate of drug-likeness (QED) is 0.658. The molecule has 130 valence electrons. The van der Waals surface area contributed by atoms with Crippen molar-refractivity contribution < 1.29 is 9.90 Å². The second-order valence-corrected chi connectivity index (χ2v) is 5.99. The number of aliphatic hydroxyl groups is 1. The Labute approximate surface area is 145 Å². The number of benzene rings is 1. The molecule has 2 aromatic heterocycles. The third-order valence-electron chi connectivity index (χ3n) is 3.79. The standard InChI is InChI=1S/C17H20N6O2/c1-17(25,13-10-20-22(2)11-13)12-18-16(24)21-14-5-3-6-15(9-14)23-8-4-7-19-23/h3-11,25H,12H2,1-2H3,(H2,18,21,24)/t17-/m1/s1. The van der Waals surface area contributed by atoms with Crippen LogP contribution in [0.2, 0.25) is 0 Å². The second kappa shape index (κ2) is 6.78. The first kappa shape index (κ1) is 16.7. The maximum Gasteiger partial charge on any atom is 0.319 e. The van der Waals surface area contributed by atoms with Crippen molar-refractivity contribution in [3.63, 3.8) is 0 Å². The fourth-order valence-corrected chi connectivity index (χ4v) is 2.38. The normalized spacial score (nSPS) is 13.2. The lowest BCUT2D eigenvalue weighted by Crippen LogP contribution is -2.40. The predicted octanol–water partition coefficient (Wildman–Crippen LogP) is 1.63. The summed E-state index contributed by atoms with van der Waals surface area (Å²) in [6.45, 7) is 1.69. The van der Waals surface area contributed by atoms with Crippen LogP contribution in [0.25, 0.3) is 5.69 Å². The van der Waals surface area contributed by atoms with Crippen LogP contribution in [0.1, 0.15) is 12.5 Å². The zero-order chi connectivity index (χ0) is 17.9. The van der Waals surface area contributed by atoms with Gasteiger partial charge in [-0.2, -0.15) is 10.2 Å². The summed E-state index contributed by atoms with van der Waals surface area (Å²) in [4.78, 5) is 12.1. The van der Waals surface area contributed by atoms with Crippen molar-refractivity contribution in [2.75, 3.05) is 11.9 Å². The Bertz CT molecular complexity index is 854. The first-order valence-corrected chi connectivity index (χ1v) is 7.80. The highest BCUT2D eigenvalue weighted by Crippen LogP contribution is 2.19. The van der Waals surface area contributed by atoms with E-state index in [1.807, 2.05) is 30.5 Å². The van der Waals surface area contributed by atoms with Gasteiger partial charge in [-0.25, -0.2) is 9.48 Å². The summed E-state index contributed by atoms with van der Waals surface area (Å²) in [7, 11) is 1.77. The molecule has 0 radical (unpaired) electrons. The molecule has 0 unspecified atom stereocenters. The molecular formula is C17H20N6O2. The van der Waals surface area contributed by atoms with Crippen molar-refractivity contribution in [1.29, 1.82) is 0 Å². The van der Waals surface area contributed by atoms with Gasteiger partial charge in [-0.1, -0.05) is 6.07 Å². The van der Waals surface area contributed by atoms with Gasteiger partial charge in [-0.05, 0) is 31.2 Å². The van der Waals surface area contributed by atoms with Crippen LogP contribution >= 0.6 is 0 Å². The molecule has 0 bridgehead atoms. The molecule has 0 aliphatic heterocycles. The molecule has 8 heteroatoms. The number of aryl methyl sites for hydroxylation is 1. The van der Waals surface area contributed by atoms with Gasteiger partial charge in [0.1, 0.15) is 5.60 Å². The zero-order valence-corrected chi connectivity index (χ0v) is 14.0. The number of aromatic nitrogens is 4. The maximum absolute atomic E-state index is 12.1. The molecule has 3 rings (SSSR count). The minimum absolute atomic E-state index is 0.0589. The Hall–Kier alpha value is -3.13. The second-order valence-electron chi connectivity index (χ2n) is 5.99. The molecule has 0 fully saturated rings.